The first-order valence-corrected chi connectivity index (χ1v) is 6.90. The zero-order chi connectivity index (χ0) is 13.3. The van der Waals surface area contributed by atoms with Gasteiger partial charge in [-0.1, -0.05) is 0 Å². The van der Waals surface area contributed by atoms with E-state index in [-0.39, 0.29) is 30.3 Å². The molecule has 2 rings (SSSR count). The number of likely N-dealkylation sites (tertiary alicyclic amines) is 1. The number of urea groups is 1. The normalized spacial score (nSPS) is 31.2. The Labute approximate surface area is 109 Å². The van der Waals surface area contributed by atoms with Crippen molar-refractivity contribution in [3.05, 3.63) is 0 Å². The zero-order valence-electron chi connectivity index (χ0n) is 11.6. The van der Waals surface area contributed by atoms with Gasteiger partial charge in [-0.15, -0.1) is 0 Å². The first kappa shape index (κ1) is 13.6. The van der Waals surface area contributed by atoms with Crippen molar-refractivity contribution in [2.75, 3.05) is 13.7 Å². The first-order valence-electron chi connectivity index (χ1n) is 6.90. The number of methoxy groups -OCH3 is 1. The Morgan fingerprint density at radius 1 is 1.44 bits per heavy atom. The fraction of sp³-hybridized carbons (Fsp3) is 0.923. The number of amides is 2. The van der Waals surface area contributed by atoms with Crippen LogP contribution in [0.1, 0.15) is 33.1 Å². The monoisotopic (exact) mass is 255 g/mol. The minimum atomic E-state index is -0.00866. The van der Waals surface area contributed by atoms with Gasteiger partial charge in [0.25, 0.3) is 0 Å². The fourth-order valence-corrected chi connectivity index (χ4v) is 2.84. The highest BCUT2D eigenvalue weighted by Crippen LogP contribution is 2.35. The smallest absolute Gasteiger partial charge is 0.317 e. The van der Waals surface area contributed by atoms with Gasteiger partial charge in [0.1, 0.15) is 0 Å². The molecule has 2 fully saturated rings. The van der Waals surface area contributed by atoms with E-state index in [9.17, 15) is 4.79 Å². The summed E-state index contributed by atoms with van der Waals surface area (Å²) in [7, 11) is 1.72. The molecule has 104 valence electrons. The largest absolute Gasteiger partial charge is 0.379 e. The van der Waals surface area contributed by atoms with E-state index >= 15 is 0 Å². The third-order valence-corrected chi connectivity index (χ3v) is 4.28. The standard InChI is InChI=1S/C13H25N3O2/c1-8(12(18-3)10-4-5-10)15-13(17)16-7-6-11(14)9(16)2/h8-12H,4-7,14H2,1-3H3,(H,15,17). The van der Waals surface area contributed by atoms with Crippen LogP contribution in [-0.4, -0.2) is 48.8 Å². The molecule has 5 nitrogen and oxygen atoms in total. The van der Waals surface area contributed by atoms with E-state index in [1.54, 1.807) is 7.11 Å². The summed E-state index contributed by atoms with van der Waals surface area (Å²) >= 11 is 0. The van der Waals surface area contributed by atoms with E-state index in [4.69, 9.17) is 10.5 Å². The van der Waals surface area contributed by atoms with Crippen LogP contribution < -0.4 is 11.1 Å². The molecule has 18 heavy (non-hydrogen) atoms. The molecule has 1 heterocycles. The zero-order valence-corrected chi connectivity index (χ0v) is 11.6. The van der Waals surface area contributed by atoms with Gasteiger partial charge in [-0.3, -0.25) is 0 Å². The second kappa shape index (κ2) is 5.45. The molecule has 2 aliphatic rings. The third kappa shape index (κ3) is 2.78. The van der Waals surface area contributed by atoms with Crippen molar-refractivity contribution in [2.24, 2.45) is 11.7 Å². The molecule has 1 aliphatic carbocycles. The Balaban J connectivity index is 1.86. The van der Waals surface area contributed by atoms with E-state index < -0.39 is 0 Å². The number of nitrogens with one attached hydrogen (secondary N) is 1. The van der Waals surface area contributed by atoms with Crippen LogP contribution in [0, 0.1) is 5.92 Å². The van der Waals surface area contributed by atoms with Crippen molar-refractivity contribution in [3.63, 3.8) is 0 Å². The van der Waals surface area contributed by atoms with Crippen molar-refractivity contribution in [2.45, 2.75) is 57.3 Å². The summed E-state index contributed by atoms with van der Waals surface area (Å²) in [6.07, 6.45) is 3.45. The molecule has 2 amide bonds. The highest BCUT2D eigenvalue weighted by molar-refractivity contribution is 5.75. The molecule has 3 N–H and O–H groups in total. The second-order valence-electron chi connectivity index (χ2n) is 5.66. The van der Waals surface area contributed by atoms with Crippen molar-refractivity contribution in [3.8, 4) is 0 Å². The van der Waals surface area contributed by atoms with Gasteiger partial charge in [-0.25, -0.2) is 4.79 Å². The van der Waals surface area contributed by atoms with Gasteiger partial charge in [0.05, 0.1) is 12.1 Å². The molecule has 1 aliphatic heterocycles. The summed E-state index contributed by atoms with van der Waals surface area (Å²) in [5.41, 5.74) is 5.94. The fourth-order valence-electron chi connectivity index (χ4n) is 2.84. The molecular formula is C13H25N3O2. The van der Waals surface area contributed by atoms with Gasteiger partial charge < -0.3 is 20.7 Å². The Morgan fingerprint density at radius 3 is 2.56 bits per heavy atom. The maximum atomic E-state index is 12.2. The van der Waals surface area contributed by atoms with Gasteiger partial charge >= 0.3 is 6.03 Å². The van der Waals surface area contributed by atoms with Crippen LogP contribution in [0.15, 0.2) is 0 Å². The number of hydrogen-bond donors (Lipinski definition) is 2. The number of ether oxygens (including phenoxy) is 1. The van der Waals surface area contributed by atoms with Crippen LogP contribution in [0.25, 0.3) is 0 Å². The number of hydrogen-bond acceptors (Lipinski definition) is 3. The van der Waals surface area contributed by atoms with E-state index in [0.717, 1.165) is 13.0 Å². The third-order valence-electron chi connectivity index (χ3n) is 4.28. The maximum absolute atomic E-state index is 12.2. The average Bonchev–Trinajstić information content (AvgIpc) is 3.08. The second-order valence-corrected chi connectivity index (χ2v) is 5.66. The van der Waals surface area contributed by atoms with E-state index in [1.807, 2.05) is 18.7 Å². The lowest BCUT2D eigenvalue weighted by Gasteiger charge is -2.29. The number of carbonyl (C=O) groups is 1. The predicted octanol–water partition coefficient (Wildman–Crippen LogP) is 0.931. The summed E-state index contributed by atoms with van der Waals surface area (Å²) in [6.45, 7) is 4.78. The molecular weight excluding hydrogens is 230 g/mol. The number of carbonyl (C=O) groups excluding carboxylic acids is 1. The predicted molar refractivity (Wildman–Crippen MR) is 70.3 cm³/mol. The highest BCUT2D eigenvalue weighted by Gasteiger charge is 2.37. The van der Waals surface area contributed by atoms with E-state index in [0.29, 0.717) is 5.92 Å². The van der Waals surface area contributed by atoms with Crippen LogP contribution in [0.4, 0.5) is 4.79 Å². The molecule has 0 aromatic rings. The minimum Gasteiger partial charge on any atom is -0.379 e. The lowest BCUT2D eigenvalue weighted by Crippen LogP contribution is -2.51. The Morgan fingerprint density at radius 2 is 2.11 bits per heavy atom. The Kier molecular flexibility index (Phi) is 4.12. The van der Waals surface area contributed by atoms with Gasteiger partial charge in [0.2, 0.25) is 0 Å². The minimum absolute atomic E-state index is 0.00866. The molecule has 0 radical (unpaired) electrons. The summed E-state index contributed by atoms with van der Waals surface area (Å²) < 4.78 is 5.49. The van der Waals surface area contributed by atoms with Crippen LogP contribution in [0.5, 0.6) is 0 Å². The molecule has 1 saturated carbocycles. The van der Waals surface area contributed by atoms with Crippen LogP contribution in [0.2, 0.25) is 0 Å². The summed E-state index contributed by atoms with van der Waals surface area (Å²) in [6, 6.07) is 0.275. The molecule has 0 bridgehead atoms. The number of rotatable bonds is 4. The van der Waals surface area contributed by atoms with Crippen LogP contribution >= 0.6 is 0 Å². The molecule has 4 atom stereocenters. The lowest BCUT2D eigenvalue weighted by molar-refractivity contribution is 0.0569. The molecule has 4 unspecified atom stereocenters. The van der Waals surface area contributed by atoms with Gasteiger partial charge in [0, 0.05) is 25.7 Å². The maximum Gasteiger partial charge on any atom is 0.317 e. The van der Waals surface area contributed by atoms with Gasteiger partial charge in [-0.05, 0) is 39.0 Å². The topological polar surface area (TPSA) is 67.6 Å². The molecule has 1 saturated heterocycles. The summed E-state index contributed by atoms with van der Waals surface area (Å²) in [5, 5.41) is 3.05. The van der Waals surface area contributed by atoms with Crippen molar-refractivity contribution >= 4 is 6.03 Å². The lowest BCUT2D eigenvalue weighted by atomic mass is 10.1. The number of nitrogens with zero attached hydrogens (tertiary/aromatic N) is 1. The number of nitrogens with two attached hydrogens (primary N) is 1. The van der Waals surface area contributed by atoms with Crippen molar-refractivity contribution in [1.29, 1.82) is 0 Å². The van der Waals surface area contributed by atoms with Gasteiger partial charge in [0.15, 0.2) is 0 Å². The van der Waals surface area contributed by atoms with E-state index in [2.05, 4.69) is 5.32 Å². The quantitative estimate of drug-likeness (QED) is 0.785. The van der Waals surface area contributed by atoms with Crippen molar-refractivity contribution in [1.82, 2.24) is 10.2 Å². The SMILES string of the molecule is COC(C1CC1)C(C)NC(=O)N1CCC(N)C1C. The molecule has 5 heteroatoms. The van der Waals surface area contributed by atoms with Crippen LogP contribution in [0.3, 0.4) is 0 Å². The van der Waals surface area contributed by atoms with Gasteiger partial charge in [-0.2, -0.15) is 0 Å². The Bertz CT molecular complexity index is 307. The van der Waals surface area contributed by atoms with Crippen LogP contribution in [-0.2, 0) is 4.74 Å². The molecule has 0 aromatic carbocycles. The Hall–Kier alpha value is -0.810. The molecule has 0 aromatic heterocycles. The van der Waals surface area contributed by atoms with Crippen molar-refractivity contribution < 1.29 is 9.53 Å². The molecule has 0 spiro atoms. The van der Waals surface area contributed by atoms with E-state index in [1.165, 1.54) is 12.8 Å². The summed E-state index contributed by atoms with van der Waals surface area (Å²) in [5.74, 6) is 0.614. The first-order chi connectivity index (χ1) is 8.54. The highest BCUT2D eigenvalue weighted by atomic mass is 16.5. The average molecular weight is 255 g/mol. The summed E-state index contributed by atoms with van der Waals surface area (Å²) in [4.78, 5) is 14.0.